The zero-order valence-corrected chi connectivity index (χ0v) is 12.1. The summed E-state index contributed by atoms with van der Waals surface area (Å²) < 4.78 is 10.9. The Balaban J connectivity index is 1.94. The fourth-order valence-electron chi connectivity index (χ4n) is 2.37. The van der Waals surface area contributed by atoms with Crippen LogP contribution >= 0.6 is 0 Å². The van der Waals surface area contributed by atoms with Gasteiger partial charge in [0.1, 0.15) is 5.60 Å². The molecule has 1 aliphatic heterocycles. The van der Waals surface area contributed by atoms with E-state index in [4.69, 9.17) is 9.26 Å². The molecule has 1 aromatic heterocycles. The van der Waals surface area contributed by atoms with Crippen molar-refractivity contribution >= 4 is 5.69 Å². The van der Waals surface area contributed by atoms with E-state index < -0.39 is 5.60 Å². The number of nitrogens with one attached hydrogen (secondary N) is 1. The number of ether oxygens (including phenoxy) is 1. The van der Waals surface area contributed by atoms with Crippen molar-refractivity contribution in [1.29, 1.82) is 0 Å². The molecule has 1 aromatic carbocycles. The van der Waals surface area contributed by atoms with Crippen LogP contribution in [-0.4, -0.2) is 23.8 Å². The van der Waals surface area contributed by atoms with Crippen molar-refractivity contribution < 1.29 is 9.26 Å². The van der Waals surface area contributed by atoms with E-state index in [1.165, 1.54) is 5.56 Å². The Morgan fingerprint density at radius 1 is 1.45 bits per heavy atom. The molecule has 5 heteroatoms. The van der Waals surface area contributed by atoms with Gasteiger partial charge in [-0.1, -0.05) is 18.1 Å². The molecule has 1 N–H and O–H groups in total. The molecule has 2 aromatic rings. The summed E-state index contributed by atoms with van der Waals surface area (Å²) in [6.45, 7) is 5.00. The number of anilines is 1. The van der Waals surface area contributed by atoms with Crippen LogP contribution in [-0.2, 0) is 16.8 Å². The van der Waals surface area contributed by atoms with Crippen molar-refractivity contribution in [3.8, 4) is 11.5 Å². The van der Waals surface area contributed by atoms with E-state index in [9.17, 15) is 0 Å². The smallest absolute Gasteiger partial charge is 0.258 e. The van der Waals surface area contributed by atoms with Gasteiger partial charge in [0.25, 0.3) is 5.89 Å². The van der Waals surface area contributed by atoms with Gasteiger partial charge in [-0.2, -0.15) is 4.98 Å². The first-order valence-electron chi connectivity index (χ1n) is 6.93. The molecule has 5 nitrogen and oxygen atoms in total. The summed E-state index contributed by atoms with van der Waals surface area (Å²) in [6.07, 6.45) is 1.86. The van der Waals surface area contributed by atoms with Crippen molar-refractivity contribution in [3.05, 3.63) is 29.6 Å². The number of benzene rings is 1. The summed E-state index contributed by atoms with van der Waals surface area (Å²) in [5.41, 5.74) is 2.93. The van der Waals surface area contributed by atoms with E-state index >= 15 is 0 Å². The Labute approximate surface area is 118 Å². The van der Waals surface area contributed by atoms with E-state index in [-0.39, 0.29) is 0 Å². The van der Waals surface area contributed by atoms with Gasteiger partial charge in [-0.25, -0.2) is 0 Å². The van der Waals surface area contributed by atoms with Crippen molar-refractivity contribution in [2.45, 2.75) is 32.3 Å². The van der Waals surface area contributed by atoms with E-state index in [2.05, 4.69) is 27.6 Å². The second-order valence-corrected chi connectivity index (χ2v) is 5.26. The van der Waals surface area contributed by atoms with Crippen LogP contribution in [0.5, 0.6) is 0 Å². The monoisotopic (exact) mass is 273 g/mol. The maximum absolute atomic E-state index is 5.50. The minimum absolute atomic E-state index is 0.503. The molecular formula is C15H19N3O2. The zero-order valence-electron chi connectivity index (χ0n) is 12.1. The molecule has 0 saturated carbocycles. The molecule has 0 spiro atoms. The van der Waals surface area contributed by atoms with Gasteiger partial charge in [0, 0.05) is 24.9 Å². The highest BCUT2D eigenvalue weighted by molar-refractivity contribution is 5.66. The highest BCUT2D eigenvalue weighted by Gasteiger charge is 2.30. The first-order chi connectivity index (χ1) is 9.66. The van der Waals surface area contributed by atoms with E-state index in [0.717, 1.165) is 30.6 Å². The van der Waals surface area contributed by atoms with Crippen LogP contribution in [0, 0.1) is 0 Å². The van der Waals surface area contributed by atoms with Crippen LogP contribution in [0.2, 0.25) is 0 Å². The van der Waals surface area contributed by atoms with E-state index in [1.54, 1.807) is 7.11 Å². The minimum atomic E-state index is -0.503. The molecule has 1 unspecified atom stereocenters. The van der Waals surface area contributed by atoms with Gasteiger partial charge in [-0.15, -0.1) is 0 Å². The maximum atomic E-state index is 5.50. The third-order valence-electron chi connectivity index (χ3n) is 4.09. The molecule has 0 fully saturated rings. The SMILES string of the molecule is CCC(C)(OC)c1noc(-c2ccc3c(c2)NCC3)n1. The van der Waals surface area contributed by atoms with Gasteiger partial charge in [0.2, 0.25) is 5.82 Å². The predicted octanol–water partition coefficient (Wildman–Crippen LogP) is 2.98. The summed E-state index contributed by atoms with van der Waals surface area (Å²) in [7, 11) is 1.67. The summed E-state index contributed by atoms with van der Waals surface area (Å²) in [6, 6.07) is 6.21. The lowest BCUT2D eigenvalue weighted by atomic mass is 10.0. The van der Waals surface area contributed by atoms with Crippen LogP contribution < -0.4 is 5.32 Å². The lowest BCUT2D eigenvalue weighted by Crippen LogP contribution is -2.24. The minimum Gasteiger partial charge on any atom is -0.384 e. The highest BCUT2D eigenvalue weighted by Crippen LogP contribution is 2.31. The fraction of sp³-hybridized carbons (Fsp3) is 0.467. The first-order valence-corrected chi connectivity index (χ1v) is 6.93. The molecule has 106 valence electrons. The van der Waals surface area contributed by atoms with E-state index in [0.29, 0.717) is 11.7 Å². The number of methoxy groups -OCH3 is 1. The van der Waals surface area contributed by atoms with Crippen molar-refractivity contribution in [2.24, 2.45) is 0 Å². The predicted molar refractivity (Wildman–Crippen MR) is 76.6 cm³/mol. The fourth-order valence-corrected chi connectivity index (χ4v) is 2.37. The average Bonchev–Trinajstić information content (AvgIpc) is 3.14. The van der Waals surface area contributed by atoms with Gasteiger partial charge < -0.3 is 14.6 Å². The lowest BCUT2D eigenvalue weighted by molar-refractivity contribution is -0.0106. The normalized spacial score (nSPS) is 16.6. The Kier molecular flexibility index (Phi) is 3.22. The zero-order chi connectivity index (χ0) is 14.2. The van der Waals surface area contributed by atoms with Gasteiger partial charge in [-0.05, 0) is 37.5 Å². The number of aromatic nitrogens is 2. The molecule has 0 amide bonds. The van der Waals surface area contributed by atoms with Crippen LogP contribution in [0.1, 0.15) is 31.7 Å². The number of rotatable bonds is 4. The Hall–Kier alpha value is -1.88. The van der Waals surface area contributed by atoms with Gasteiger partial charge in [0.05, 0.1) is 0 Å². The van der Waals surface area contributed by atoms with Crippen molar-refractivity contribution in [3.63, 3.8) is 0 Å². The number of hydrogen-bond acceptors (Lipinski definition) is 5. The second-order valence-electron chi connectivity index (χ2n) is 5.26. The quantitative estimate of drug-likeness (QED) is 0.928. The van der Waals surface area contributed by atoms with Crippen LogP contribution in [0.25, 0.3) is 11.5 Å². The molecule has 0 radical (unpaired) electrons. The Morgan fingerprint density at radius 3 is 3.05 bits per heavy atom. The molecule has 0 bridgehead atoms. The molecule has 1 atom stereocenters. The number of hydrogen-bond donors (Lipinski definition) is 1. The molecule has 0 saturated heterocycles. The topological polar surface area (TPSA) is 60.2 Å². The molecule has 20 heavy (non-hydrogen) atoms. The standard InChI is InChI=1S/C15H19N3O2/c1-4-15(2,19-3)14-17-13(20-18-14)11-6-5-10-7-8-16-12(10)9-11/h5-6,9,16H,4,7-8H2,1-3H3. The van der Waals surface area contributed by atoms with E-state index in [1.807, 2.05) is 19.9 Å². The Bertz CT molecular complexity index is 617. The second kappa shape index (κ2) is 4.90. The van der Waals surface area contributed by atoms with Gasteiger partial charge in [0.15, 0.2) is 0 Å². The third kappa shape index (κ3) is 2.08. The molecule has 1 aliphatic rings. The maximum Gasteiger partial charge on any atom is 0.258 e. The van der Waals surface area contributed by atoms with Crippen molar-refractivity contribution in [2.75, 3.05) is 19.0 Å². The largest absolute Gasteiger partial charge is 0.384 e. The average molecular weight is 273 g/mol. The van der Waals surface area contributed by atoms with Crippen LogP contribution in [0.15, 0.2) is 22.7 Å². The molecular weight excluding hydrogens is 254 g/mol. The molecule has 3 rings (SSSR count). The summed E-state index contributed by atoms with van der Waals surface area (Å²) in [5.74, 6) is 1.12. The highest BCUT2D eigenvalue weighted by atomic mass is 16.5. The molecule has 0 aliphatic carbocycles. The molecule has 2 heterocycles. The summed E-state index contributed by atoms with van der Waals surface area (Å²) in [4.78, 5) is 4.49. The van der Waals surface area contributed by atoms with Gasteiger partial charge in [-0.3, -0.25) is 0 Å². The first kappa shape index (κ1) is 13.1. The summed E-state index contributed by atoms with van der Waals surface area (Å²) >= 11 is 0. The lowest BCUT2D eigenvalue weighted by Gasteiger charge is -2.21. The Morgan fingerprint density at radius 2 is 2.30 bits per heavy atom. The van der Waals surface area contributed by atoms with Crippen molar-refractivity contribution in [1.82, 2.24) is 10.1 Å². The number of fused-ring (bicyclic) bond motifs is 1. The van der Waals surface area contributed by atoms with Crippen LogP contribution in [0.4, 0.5) is 5.69 Å². The number of nitrogens with zero attached hydrogens (tertiary/aromatic N) is 2. The van der Waals surface area contributed by atoms with Gasteiger partial charge >= 0.3 is 0 Å². The third-order valence-corrected chi connectivity index (χ3v) is 4.09. The van der Waals surface area contributed by atoms with Crippen LogP contribution in [0.3, 0.4) is 0 Å². The summed E-state index contributed by atoms with van der Waals surface area (Å²) in [5, 5.41) is 7.42.